The van der Waals surface area contributed by atoms with Gasteiger partial charge in [-0.3, -0.25) is 9.69 Å². The zero-order chi connectivity index (χ0) is 20.2. The van der Waals surface area contributed by atoms with E-state index in [2.05, 4.69) is 10.2 Å². The average molecular weight is 397 g/mol. The van der Waals surface area contributed by atoms with Crippen molar-refractivity contribution in [2.24, 2.45) is 5.73 Å². The van der Waals surface area contributed by atoms with Gasteiger partial charge >= 0.3 is 0 Å². The van der Waals surface area contributed by atoms with Gasteiger partial charge in [-0.05, 0) is 87.6 Å². The number of nitrogens with one attached hydrogen (secondary N) is 1. The molecule has 1 amide bonds. The van der Waals surface area contributed by atoms with Gasteiger partial charge in [0.25, 0.3) is 5.91 Å². The molecule has 5 nitrogen and oxygen atoms in total. The van der Waals surface area contributed by atoms with Gasteiger partial charge in [-0.1, -0.05) is 12.1 Å². The van der Waals surface area contributed by atoms with Gasteiger partial charge in [0.05, 0.1) is 5.56 Å². The van der Waals surface area contributed by atoms with Crippen LogP contribution in [0.25, 0.3) is 0 Å². The molecule has 2 saturated heterocycles. The summed E-state index contributed by atoms with van der Waals surface area (Å²) in [7, 11) is 0. The van der Waals surface area contributed by atoms with E-state index >= 15 is 0 Å². The summed E-state index contributed by atoms with van der Waals surface area (Å²) < 4.78 is 20.2. The number of carbonyl (C=O) groups is 1. The topological polar surface area (TPSA) is 67.6 Å². The summed E-state index contributed by atoms with van der Waals surface area (Å²) in [6.45, 7) is 2.79. The molecule has 154 valence electrons. The summed E-state index contributed by atoms with van der Waals surface area (Å²) in [4.78, 5) is 15.2. The van der Waals surface area contributed by atoms with Gasteiger partial charge in [-0.2, -0.15) is 0 Å². The van der Waals surface area contributed by atoms with Crippen LogP contribution in [-0.2, 0) is 6.42 Å². The Morgan fingerprint density at radius 1 is 1.10 bits per heavy atom. The van der Waals surface area contributed by atoms with Crippen LogP contribution in [0.1, 0.15) is 41.6 Å². The molecule has 2 heterocycles. The second-order valence-corrected chi connectivity index (χ2v) is 7.89. The molecule has 6 heteroatoms. The van der Waals surface area contributed by atoms with Crippen LogP contribution >= 0.6 is 0 Å². The first-order valence-corrected chi connectivity index (χ1v) is 10.5. The first-order valence-electron chi connectivity index (χ1n) is 10.5. The fraction of sp³-hybridized carbons (Fsp3) is 0.435. The van der Waals surface area contributed by atoms with Gasteiger partial charge in [0.2, 0.25) is 0 Å². The fourth-order valence-corrected chi connectivity index (χ4v) is 4.48. The number of rotatable bonds is 6. The van der Waals surface area contributed by atoms with Crippen molar-refractivity contribution in [3.8, 4) is 11.5 Å². The van der Waals surface area contributed by atoms with Crippen LogP contribution in [-0.4, -0.2) is 42.5 Å². The van der Waals surface area contributed by atoms with E-state index in [1.54, 1.807) is 6.07 Å². The number of ether oxygens (including phenoxy) is 1. The number of nitrogens with two attached hydrogens (primary N) is 1. The van der Waals surface area contributed by atoms with Crippen molar-refractivity contribution in [2.75, 3.05) is 19.6 Å². The maximum absolute atomic E-state index is 14.4. The number of benzene rings is 2. The maximum Gasteiger partial charge on any atom is 0.254 e. The van der Waals surface area contributed by atoms with E-state index in [9.17, 15) is 9.18 Å². The van der Waals surface area contributed by atoms with Gasteiger partial charge in [0.15, 0.2) is 0 Å². The largest absolute Gasteiger partial charge is 0.457 e. The molecule has 29 heavy (non-hydrogen) atoms. The fourth-order valence-electron chi connectivity index (χ4n) is 4.48. The lowest BCUT2D eigenvalue weighted by atomic mass is 9.96. The highest BCUT2D eigenvalue weighted by Gasteiger charge is 2.35. The van der Waals surface area contributed by atoms with E-state index in [1.807, 2.05) is 24.3 Å². The number of hydrogen-bond donors (Lipinski definition) is 2. The van der Waals surface area contributed by atoms with Crippen LogP contribution in [0.3, 0.4) is 0 Å². The molecule has 0 aliphatic carbocycles. The minimum atomic E-state index is -0.535. The van der Waals surface area contributed by atoms with E-state index in [0.29, 0.717) is 24.1 Å². The Bertz CT molecular complexity index is 856. The van der Waals surface area contributed by atoms with Crippen molar-refractivity contribution in [1.29, 1.82) is 0 Å². The predicted molar refractivity (Wildman–Crippen MR) is 111 cm³/mol. The number of carbonyl (C=O) groups excluding carboxylic acids is 1. The highest BCUT2D eigenvalue weighted by atomic mass is 19.1. The number of hydrogen-bond acceptors (Lipinski definition) is 4. The van der Waals surface area contributed by atoms with E-state index in [-0.39, 0.29) is 17.5 Å². The molecule has 0 spiro atoms. The first kappa shape index (κ1) is 19.9. The van der Waals surface area contributed by atoms with Crippen molar-refractivity contribution in [3.05, 3.63) is 59.4 Å². The molecule has 0 saturated carbocycles. The van der Waals surface area contributed by atoms with Crippen molar-refractivity contribution in [1.82, 2.24) is 10.2 Å². The number of nitrogens with zero attached hydrogens (tertiary/aromatic N) is 1. The Morgan fingerprint density at radius 3 is 2.59 bits per heavy atom. The van der Waals surface area contributed by atoms with Crippen LogP contribution in [0.5, 0.6) is 11.5 Å². The summed E-state index contributed by atoms with van der Waals surface area (Å²) in [5, 5.41) is 3.07. The second-order valence-electron chi connectivity index (χ2n) is 7.89. The zero-order valence-corrected chi connectivity index (χ0v) is 16.6. The standard InChI is InChI=1S/C23H28FN3O2/c24-20-10-9-18(29-17-7-5-16(6-8-17)11-12-25)15-19(20)23(28)26-21-3-1-13-27-14-2-4-22(21)27/h5-10,15,21-22H,1-4,11-14,25H2,(H,26,28)/t21-,22-/m0/s1. The number of halogens is 1. The normalized spacial score (nSPS) is 21.6. The average Bonchev–Trinajstić information content (AvgIpc) is 3.21. The van der Waals surface area contributed by atoms with Crippen LogP contribution in [0.15, 0.2) is 42.5 Å². The van der Waals surface area contributed by atoms with Crippen molar-refractivity contribution >= 4 is 5.91 Å². The molecule has 0 aromatic heterocycles. The van der Waals surface area contributed by atoms with Gasteiger partial charge in [-0.25, -0.2) is 4.39 Å². The maximum atomic E-state index is 14.4. The van der Waals surface area contributed by atoms with Crippen molar-refractivity contribution in [2.45, 2.75) is 44.2 Å². The molecule has 2 aliphatic rings. The van der Waals surface area contributed by atoms with Crippen molar-refractivity contribution in [3.63, 3.8) is 0 Å². The van der Waals surface area contributed by atoms with E-state index in [4.69, 9.17) is 10.5 Å². The van der Waals surface area contributed by atoms with Crippen LogP contribution in [0, 0.1) is 5.82 Å². The summed E-state index contributed by atoms with van der Waals surface area (Å²) in [6.07, 6.45) is 5.07. The van der Waals surface area contributed by atoms with Gasteiger partial charge in [0.1, 0.15) is 17.3 Å². The van der Waals surface area contributed by atoms with Crippen LogP contribution in [0.2, 0.25) is 0 Å². The number of fused-ring (bicyclic) bond motifs is 1. The molecular weight excluding hydrogens is 369 g/mol. The SMILES string of the molecule is NCCc1ccc(Oc2ccc(F)c(C(=O)N[C@H]3CCCN4CCC[C@@H]34)c2)cc1. The minimum absolute atomic E-state index is 0.0253. The van der Waals surface area contributed by atoms with Crippen LogP contribution < -0.4 is 15.8 Å². The highest BCUT2D eigenvalue weighted by Crippen LogP contribution is 2.28. The van der Waals surface area contributed by atoms with E-state index < -0.39 is 5.82 Å². The molecule has 0 radical (unpaired) electrons. The molecule has 2 aliphatic heterocycles. The predicted octanol–water partition coefficient (Wildman–Crippen LogP) is 3.48. The molecule has 0 unspecified atom stereocenters. The summed E-state index contributed by atoms with van der Waals surface area (Å²) in [5.41, 5.74) is 6.73. The molecule has 2 atom stereocenters. The molecule has 2 fully saturated rings. The zero-order valence-electron chi connectivity index (χ0n) is 16.6. The highest BCUT2D eigenvalue weighted by molar-refractivity contribution is 5.95. The number of amides is 1. The molecular formula is C23H28FN3O2. The van der Waals surface area contributed by atoms with Gasteiger partial charge in [-0.15, -0.1) is 0 Å². The third-order valence-corrected chi connectivity index (χ3v) is 5.93. The third kappa shape index (κ3) is 4.60. The molecule has 2 aromatic rings. The van der Waals surface area contributed by atoms with Gasteiger partial charge in [0, 0.05) is 12.1 Å². The monoisotopic (exact) mass is 397 g/mol. The lowest BCUT2D eigenvalue weighted by Gasteiger charge is -2.37. The molecule has 3 N–H and O–H groups in total. The Morgan fingerprint density at radius 2 is 1.83 bits per heavy atom. The lowest BCUT2D eigenvalue weighted by molar-refractivity contribution is 0.0864. The van der Waals surface area contributed by atoms with Crippen molar-refractivity contribution < 1.29 is 13.9 Å². The Labute approximate surface area is 171 Å². The Balaban J connectivity index is 1.45. The lowest BCUT2D eigenvalue weighted by Crippen LogP contribution is -2.52. The third-order valence-electron chi connectivity index (χ3n) is 5.93. The smallest absolute Gasteiger partial charge is 0.254 e. The second kappa shape index (κ2) is 8.93. The Kier molecular flexibility index (Phi) is 6.11. The first-order chi connectivity index (χ1) is 14.1. The molecule has 2 aromatic carbocycles. The van der Waals surface area contributed by atoms with Gasteiger partial charge < -0.3 is 15.8 Å². The summed E-state index contributed by atoms with van der Waals surface area (Å²) in [5.74, 6) is 0.170. The Hall–Kier alpha value is -2.44. The van der Waals surface area contributed by atoms with Crippen LogP contribution in [0.4, 0.5) is 4.39 Å². The summed E-state index contributed by atoms with van der Waals surface area (Å²) in [6, 6.07) is 12.4. The number of piperidine rings is 1. The quantitative estimate of drug-likeness (QED) is 0.783. The van der Waals surface area contributed by atoms with E-state index in [0.717, 1.165) is 44.3 Å². The minimum Gasteiger partial charge on any atom is -0.457 e. The summed E-state index contributed by atoms with van der Waals surface area (Å²) >= 11 is 0. The molecule has 0 bridgehead atoms. The van der Waals surface area contributed by atoms with E-state index in [1.165, 1.54) is 18.6 Å². The molecule has 4 rings (SSSR count).